The van der Waals surface area contributed by atoms with Crippen molar-refractivity contribution < 1.29 is 0 Å². The highest BCUT2D eigenvalue weighted by molar-refractivity contribution is 5.48. The van der Waals surface area contributed by atoms with E-state index in [4.69, 9.17) is 11.5 Å². The van der Waals surface area contributed by atoms with E-state index in [0.717, 1.165) is 0 Å². The summed E-state index contributed by atoms with van der Waals surface area (Å²) in [5, 5.41) is 10.3. The monoisotopic (exact) mass is 180 g/mol. The standard InChI is InChI=1S/C5H8N8/c1-8-4-11-12-5-10-2(6)9-3(7)13(4)5/h1H3,(H,8,11)(H4,6,7,9,10,12). The fourth-order valence-electron chi connectivity index (χ4n) is 1.02. The lowest BCUT2D eigenvalue weighted by molar-refractivity contribution is 1.04. The third kappa shape index (κ3) is 0.991. The highest BCUT2D eigenvalue weighted by Gasteiger charge is 2.09. The van der Waals surface area contributed by atoms with Crippen molar-refractivity contribution in [2.45, 2.75) is 0 Å². The molecule has 2 aromatic heterocycles. The van der Waals surface area contributed by atoms with Crippen molar-refractivity contribution >= 4 is 23.6 Å². The molecule has 2 aromatic rings. The van der Waals surface area contributed by atoms with Gasteiger partial charge < -0.3 is 16.8 Å². The molecular weight excluding hydrogens is 172 g/mol. The molecule has 0 fully saturated rings. The summed E-state index contributed by atoms with van der Waals surface area (Å²) < 4.78 is 1.47. The molecule has 8 heteroatoms. The van der Waals surface area contributed by atoms with Gasteiger partial charge in [-0.3, -0.25) is 0 Å². The van der Waals surface area contributed by atoms with Crippen LogP contribution in [0.25, 0.3) is 5.78 Å². The van der Waals surface area contributed by atoms with Crippen LogP contribution >= 0.6 is 0 Å². The van der Waals surface area contributed by atoms with Crippen molar-refractivity contribution in [2.75, 3.05) is 23.8 Å². The summed E-state index contributed by atoms with van der Waals surface area (Å²) in [5.41, 5.74) is 11.0. The summed E-state index contributed by atoms with van der Waals surface area (Å²) in [5.74, 6) is 1.10. The molecular formula is C5H8N8. The first-order valence-electron chi connectivity index (χ1n) is 3.54. The number of aromatic nitrogens is 5. The molecule has 0 aliphatic rings. The van der Waals surface area contributed by atoms with Crippen LogP contribution in [0.15, 0.2) is 0 Å². The Kier molecular flexibility index (Phi) is 1.41. The molecule has 0 amide bonds. The first kappa shape index (κ1) is 7.53. The molecule has 0 radical (unpaired) electrons. The quantitative estimate of drug-likeness (QED) is 0.500. The second-order valence-corrected chi connectivity index (χ2v) is 2.35. The topological polar surface area (TPSA) is 120 Å². The first-order valence-corrected chi connectivity index (χ1v) is 3.54. The van der Waals surface area contributed by atoms with Gasteiger partial charge in [0.25, 0.3) is 5.78 Å². The van der Waals surface area contributed by atoms with Crippen LogP contribution in [0.3, 0.4) is 0 Å². The van der Waals surface area contributed by atoms with Crippen LogP contribution in [0.1, 0.15) is 0 Å². The van der Waals surface area contributed by atoms with Crippen LogP contribution in [0.5, 0.6) is 0 Å². The number of nitrogens with zero attached hydrogens (tertiary/aromatic N) is 5. The van der Waals surface area contributed by atoms with Crippen LogP contribution < -0.4 is 16.8 Å². The third-order valence-electron chi connectivity index (χ3n) is 1.54. The van der Waals surface area contributed by atoms with Gasteiger partial charge in [0.15, 0.2) is 0 Å². The molecule has 0 atom stereocenters. The Hall–Kier alpha value is -2.12. The molecule has 0 aromatic carbocycles. The highest BCUT2D eigenvalue weighted by Crippen LogP contribution is 2.10. The lowest BCUT2D eigenvalue weighted by Gasteiger charge is -2.00. The minimum atomic E-state index is 0.0834. The minimum Gasteiger partial charge on any atom is -0.369 e. The maximum Gasteiger partial charge on any atom is 0.262 e. The Balaban J connectivity index is 2.82. The van der Waals surface area contributed by atoms with Gasteiger partial charge in [-0.25, -0.2) is 4.40 Å². The smallest absolute Gasteiger partial charge is 0.262 e. The van der Waals surface area contributed by atoms with E-state index in [0.29, 0.717) is 11.7 Å². The fourth-order valence-corrected chi connectivity index (χ4v) is 1.02. The molecule has 2 rings (SSSR count). The molecule has 68 valence electrons. The third-order valence-corrected chi connectivity index (χ3v) is 1.54. The van der Waals surface area contributed by atoms with Crippen LogP contribution in [0.4, 0.5) is 17.8 Å². The van der Waals surface area contributed by atoms with Gasteiger partial charge in [0.05, 0.1) is 0 Å². The molecule has 0 bridgehead atoms. The summed E-state index contributed by atoms with van der Waals surface area (Å²) >= 11 is 0. The van der Waals surface area contributed by atoms with Gasteiger partial charge >= 0.3 is 0 Å². The Labute approximate surface area is 73.0 Å². The zero-order valence-electron chi connectivity index (χ0n) is 6.89. The Morgan fingerprint density at radius 3 is 2.69 bits per heavy atom. The molecule has 0 spiro atoms. The maximum atomic E-state index is 5.59. The number of nitrogens with two attached hydrogens (primary N) is 2. The lowest BCUT2D eigenvalue weighted by Crippen LogP contribution is -2.08. The van der Waals surface area contributed by atoms with Gasteiger partial charge in [0, 0.05) is 7.05 Å². The summed E-state index contributed by atoms with van der Waals surface area (Å²) in [6, 6.07) is 0. The maximum absolute atomic E-state index is 5.59. The van der Waals surface area contributed by atoms with Crippen LogP contribution in [-0.4, -0.2) is 31.6 Å². The van der Waals surface area contributed by atoms with Crippen LogP contribution in [0.2, 0.25) is 0 Å². The molecule has 8 nitrogen and oxygen atoms in total. The average molecular weight is 180 g/mol. The van der Waals surface area contributed by atoms with Crippen molar-refractivity contribution in [1.82, 2.24) is 24.6 Å². The average Bonchev–Trinajstić information content (AvgIpc) is 2.47. The van der Waals surface area contributed by atoms with E-state index in [9.17, 15) is 0 Å². The Bertz CT molecular complexity index is 445. The molecule has 0 saturated heterocycles. The number of nitrogen functional groups attached to an aromatic ring is 2. The van der Waals surface area contributed by atoms with Gasteiger partial charge in [0.1, 0.15) is 0 Å². The number of nitrogens with one attached hydrogen (secondary N) is 1. The molecule has 0 unspecified atom stereocenters. The Morgan fingerprint density at radius 2 is 2.00 bits per heavy atom. The van der Waals surface area contributed by atoms with Crippen molar-refractivity contribution in [3.05, 3.63) is 0 Å². The van der Waals surface area contributed by atoms with E-state index in [1.165, 1.54) is 4.40 Å². The normalized spacial score (nSPS) is 10.5. The van der Waals surface area contributed by atoms with Gasteiger partial charge in [0.2, 0.25) is 17.8 Å². The van der Waals surface area contributed by atoms with Crippen LogP contribution in [0, 0.1) is 0 Å². The lowest BCUT2D eigenvalue weighted by atomic mass is 10.8. The number of anilines is 3. The van der Waals surface area contributed by atoms with Crippen molar-refractivity contribution in [2.24, 2.45) is 0 Å². The van der Waals surface area contributed by atoms with E-state index in [1.54, 1.807) is 7.05 Å². The zero-order chi connectivity index (χ0) is 9.42. The largest absolute Gasteiger partial charge is 0.369 e. The molecule has 0 aliphatic heterocycles. The number of hydrogen-bond acceptors (Lipinski definition) is 7. The van der Waals surface area contributed by atoms with E-state index in [1.807, 2.05) is 0 Å². The number of fused-ring (bicyclic) bond motifs is 1. The predicted octanol–water partition coefficient (Wildman–Crippen LogP) is -1.27. The molecule has 2 heterocycles. The van der Waals surface area contributed by atoms with E-state index in [-0.39, 0.29) is 11.9 Å². The summed E-state index contributed by atoms with van der Waals surface area (Å²) in [7, 11) is 1.70. The van der Waals surface area contributed by atoms with Crippen molar-refractivity contribution in [1.29, 1.82) is 0 Å². The summed E-state index contributed by atoms with van der Waals surface area (Å²) in [6.07, 6.45) is 0. The fraction of sp³-hybridized carbons (Fsp3) is 0.200. The zero-order valence-corrected chi connectivity index (χ0v) is 6.89. The van der Waals surface area contributed by atoms with Crippen molar-refractivity contribution in [3.63, 3.8) is 0 Å². The minimum absolute atomic E-state index is 0.0834. The van der Waals surface area contributed by atoms with E-state index in [2.05, 4.69) is 25.5 Å². The van der Waals surface area contributed by atoms with Crippen LogP contribution in [-0.2, 0) is 0 Å². The van der Waals surface area contributed by atoms with E-state index < -0.39 is 0 Å². The molecule has 5 N–H and O–H groups in total. The van der Waals surface area contributed by atoms with Gasteiger partial charge in [-0.15, -0.1) is 10.2 Å². The predicted molar refractivity (Wildman–Crippen MR) is 46.9 cm³/mol. The molecule has 13 heavy (non-hydrogen) atoms. The first-order chi connectivity index (χ1) is 6.22. The summed E-state index contributed by atoms with van der Waals surface area (Å²) in [6.45, 7) is 0. The van der Waals surface area contributed by atoms with Gasteiger partial charge in [-0.1, -0.05) is 0 Å². The number of rotatable bonds is 1. The van der Waals surface area contributed by atoms with Gasteiger partial charge in [-0.2, -0.15) is 9.97 Å². The molecule has 0 aliphatic carbocycles. The Morgan fingerprint density at radius 1 is 1.23 bits per heavy atom. The SMILES string of the molecule is CNc1nnc2nc(N)nc(N)n12. The second kappa shape index (κ2) is 2.44. The van der Waals surface area contributed by atoms with Gasteiger partial charge in [-0.05, 0) is 0 Å². The summed E-state index contributed by atoms with van der Waals surface area (Å²) in [4.78, 5) is 7.61. The van der Waals surface area contributed by atoms with Crippen molar-refractivity contribution in [3.8, 4) is 0 Å². The number of hydrogen-bond donors (Lipinski definition) is 3. The molecule has 0 saturated carbocycles. The van der Waals surface area contributed by atoms with E-state index >= 15 is 0 Å². The highest BCUT2D eigenvalue weighted by atomic mass is 15.4. The second-order valence-electron chi connectivity index (χ2n) is 2.35.